The quantitative estimate of drug-likeness (QED) is 0.573. The monoisotopic (exact) mass is 360 g/mol. The maximum absolute atomic E-state index is 12.6. The van der Waals surface area contributed by atoms with Crippen LogP contribution in [0.4, 0.5) is 0 Å². The van der Waals surface area contributed by atoms with Crippen LogP contribution >= 0.6 is 7.60 Å². The third kappa shape index (κ3) is 4.94. The van der Waals surface area contributed by atoms with E-state index in [1.165, 1.54) is 14.2 Å². The zero-order valence-corrected chi connectivity index (χ0v) is 15.7. The highest BCUT2D eigenvalue weighted by molar-refractivity contribution is 7.53. The highest BCUT2D eigenvalue weighted by Crippen LogP contribution is 2.55. The third-order valence-electron chi connectivity index (χ3n) is 4.70. The summed E-state index contributed by atoms with van der Waals surface area (Å²) in [6, 6.07) is 18.2. The average Bonchev–Trinajstić information content (AvgIpc) is 3.50. The summed E-state index contributed by atoms with van der Waals surface area (Å²) in [6.45, 7) is 0.535. The summed E-state index contributed by atoms with van der Waals surface area (Å²) in [4.78, 5) is 0. The second-order valence-electron chi connectivity index (χ2n) is 6.45. The fraction of sp³-hybridized carbons (Fsp3) is 0.400. The van der Waals surface area contributed by atoms with E-state index < -0.39 is 7.60 Å². The summed E-state index contributed by atoms with van der Waals surface area (Å²) in [6.07, 6.45) is 2.73. The molecule has 1 unspecified atom stereocenters. The fourth-order valence-electron chi connectivity index (χ4n) is 3.07. The van der Waals surface area contributed by atoms with Crippen LogP contribution < -0.4 is 4.74 Å². The van der Waals surface area contributed by atoms with Crippen LogP contribution in [0.25, 0.3) is 0 Å². The van der Waals surface area contributed by atoms with Gasteiger partial charge in [0.05, 0.1) is 6.16 Å². The largest absolute Gasteiger partial charge is 0.489 e. The molecule has 1 atom stereocenters. The molecule has 2 aromatic rings. The van der Waals surface area contributed by atoms with E-state index >= 15 is 0 Å². The summed E-state index contributed by atoms with van der Waals surface area (Å²) in [5, 5.41) is 0. The van der Waals surface area contributed by atoms with Gasteiger partial charge in [0.1, 0.15) is 12.4 Å². The van der Waals surface area contributed by atoms with Crippen LogP contribution in [0.15, 0.2) is 54.6 Å². The van der Waals surface area contributed by atoms with Gasteiger partial charge in [0, 0.05) is 14.2 Å². The van der Waals surface area contributed by atoms with Crippen LogP contribution in [0, 0.1) is 5.92 Å². The average molecular weight is 360 g/mol. The Hall–Kier alpha value is -1.61. The minimum Gasteiger partial charge on any atom is -0.489 e. The van der Waals surface area contributed by atoms with Crippen LogP contribution in [-0.2, 0) is 20.2 Å². The van der Waals surface area contributed by atoms with E-state index in [0.29, 0.717) is 18.7 Å². The SMILES string of the molecule is COP(=O)(CC(c1cccc(OCc2ccccc2)c1)C1CC1)OC. The van der Waals surface area contributed by atoms with Gasteiger partial charge in [0.15, 0.2) is 0 Å². The van der Waals surface area contributed by atoms with Crippen LogP contribution in [0.2, 0.25) is 0 Å². The maximum atomic E-state index is 12.6. The zero-order valence-electron chi connectivity index (χ0n) is 14.8. The molecule has 0 heterocycles. The van der Waals surface area contributed by atoms with Gasteiger partial charge in [-0.25, -0.2) is 0 Å². The molecular formula is C20H25O4P. The van der Waals surface area contributed by atoms with Gasteiger partial charge in [-0.15, -0.1) is 0 Å². The highest BCUT2D eigenvalue weighted by atomic mass is 31.2. The van der Waals surface area contributed by atoms with Crippen LogP contribution in [0.5, 0.6) is 5.75 Å². The van der Waals surface area contributed by atoms with E-state index in [4.69, 9.17) is 13.8 Å². The van der Waals surface area contributed by atoms with E-state index in [9.17, 15) is 4.57 Å². The first-order valence-electron chi connectivity index (χ1n) is 8.61. The summed E-state index contributed by atoms with van der Waals surface area (Å²) in [5.74, 6) is 1.55. The van der Waals surface area contributed by atoms with Crippen molar-refractivity contribution in [3.63, 3.8) is 0 Å². The number of benzene rings is 2. The van der Waals surface area contributed by atoms with E-state index in [1.807, 2.05) is 42.5 Å². The summed E-state index contributed by atoms with van der Waals surface area (Å²) in [5.41, 5.74) is 2.28. The van der Waals surface area contributed by atoms with E-state index in [0.717, 1.165) is 29.7 Å². The maximum Gasteiger partial charge on any atom is 0.330 e. The molecule has 25 heavy (non-hydrogen) atoms. The molecule has 0 saturated heterocycles. The molecule has 0 amide bonds. The molecule has 0 radical (unpaired) electrons. The topological polar surface area (TPSA) is 44.8 Å². The Labute approximate surface area is 149 Å². The Bertz CT molecular complexity index is 719. The molecule has 0 aromatic heterocycles. The molecule has 2 aromatic carbocycles. The Kier molecular flexibility index (Phi) is 5.95. The molecule has 0 spiro atoms. The first-order valence-corrected chi connectivity index (χ1v) is 10.3. The predicted octanol–water partition coefficient (Wildman–Crippen LogP) is 5.25. The minimum atomic E-state index is -3.04. The Morgan fingerprint density at radius 2 is 1.76 bits per heavy atom. The predicted molar refractivity (Wildman–Crippen MR) is 99.2 cm³/mol. The molecule has 0 aliphatic heterocycles. The highest BCUT2D eigenvalue weighted by Gasteiger charge is 2.38. The summed E-state index contributed by atoms with van der Waals surface area (Å²) >= 11 is 0. The standard InChI is InChI=1S/C20H25O4P/c1-22-25(21,23-2)15-20(17-11-12-17)18-9-6-10-19(13-18)24-14-16-7-4-3-5-8-16/h3-10,13,17,20H,11-12,14-15H2,1-2H3. The molecule has 5 heteroatoms. The first kappa shape index (κ1) is 18.2. The molecule has 4 nitrogen and oxygen atoms in total. The fourth-order valence-corrected chi connectivity index (χ4v) is 4.50. The molecule has 1 aliphatic rings. The van der Waals surface area contributed by atoms with Crippen molar-refractivity contribution in [2.24, 2.45) is 5.92 Å². The van der Waals surface area contributed by atoms with E-state index in [2.05, 4.69) is 12.1 Å². The minimum absolute atomic E-state index is 0.172. The van der Waals surface area contributed by atoms with Gasteiger partial charge < -0.3 is 13.8 Å². The number of ether oxygens (including phenoxy) is 1. The zero-order chi connectivity index (χ0) is 17.7. The molecular weight excluding hydrogens is 335 g/mol. The van der Waals surface area contributed by atoms with Crippen LogP contribution in [0.1, 0.15) is 29.9 Å². The van der Waals surface area contributed by atoms with E-state index in [1.54, 1.807) is 0 Å². The molecule has 1 fully saturated rings. The molecule has 134 valence electrons. The van der Waals surface area contributed by atoms with Crippen molar-refractivity contribution in [1.82, 2.24) is 0 Å². The summed E-state index contributed by atoms with van der Waals surface area (Å²) in [7, 11) is -0.132. The molecule has 0 N–H and O–H groups in total. The lowest BCUT2D eigenvalue weighted by atomic mass is 9.96. The lowest BCUT2D eigenvalue weighted by Crippen LogP contribution is -2.10. The molecule has 1 aliphatic carbocycles. The van der Waals surface area contributed by atoms with Gasteiger partial charge in [0.2, 0.25) is 0 Å². The number of rotatable bonds is 9. The lowest BCUT2D eigenvalue weighted by Gasteiger charge is -2.22. The Morgan fingerprint density at radius 1 is 1.04 bits per heavy atom. The first-order chi connectivity index (χ1) is 12.1. The van der Waals surface area contributed by atoms with Crippen molar-refractivity contribution in [2.45, 2.75) is 25.4 Å². The van der Waals surface area contributed by atoms with Crippen LogP contribution in [0.3, 0.4) is 0 Å². The molecule has 1 saturated carbocycles. The number of hydrogen-bond donors (Lipinski definition) is 0. The van der Waals surface area contributed by atoms with Gasteiger partial charge in [0.25, 0.3) is 0 Å². The van der Waals surface area contributed by atoms with Gasteiger partial charge in [-0.05, 0) is 47.9 Å². The van der Waals surface area contributed by atoms with Crippen molar-refractivity contribution in [3.8, 4) is 5.75 Å². The Morgan fingerprint density at radius 3 is 2.40 bits per heavy atom. The second-order valence-corrected chi connectivity index (χ2v) is 8.77. The van der Waals surface area contributed by atoms with Crippen molar-refractivity contribution >= 4 is 7.60 Å². The molecule has 0 bridgehead atoms. The lowest BCUT2D eigenvalue weighted by molar-refractivity contribution is 0.272. The smallest absolute Gasteiger partial charge is 0.330 e. The summed E-state index contributed by atoms with van der Waals surface area (Å²) < 4.78 is 28.8. The van der Waals surface area contributed by atoms with Crippen molar-refractivity contribution in [1.29, 1.82) is 0 Å². The van der Waals surface area contributed by atoms with Crippen molar-refractivity contribution in [2.75, 3.05) is 20.4 Å². The molecule has 3 rings (SSSR count). The van der Waals surface area contributed by atoms with Gasteiger partial charge >= 0.3 is 7.60 Å². The second kappa shape index (κ2) is 8.18. The van der Waals surface area contributed by atoms with E-state index in [-0.39, 0.29) is 5.92 Å². The number of hydrogen-bond acceptors (Lipinski definition) is 4. The normalized spacial score (nSPS) is 15.8. The van der Waals surface area contributed by atoms with Crippen molar-refractivity contribution < 1.29 is 18.3 Å². The van der Waals surface area contributed by atoms with Gasteiger partial charge in [-0.2, -0.15) is 0 Å². The van der Waals surface area contributed by atoms with Gasteiger partial charge in [-0.3, -0.25) is 4.57 Å². The third-order valence-corrected chi connectivity index (χ3v) is 6.66. The Balaban J connectivity index is 1.73. The van der Waals surface area contributed by atoms with Crippen LogP contribution in [-0.4, -0.2) is 20.4 Å². The van der Waals surface area contributed by atoms with Crippen molar-refractivity contribution in [3.05, 3.63) is 65.7 Å². The van der Waals surface area contributed by atoms with Gasteiger partial charge in [-0.1, -0.05) is 42.5 Å².